The smallest absolute Gasteiger partial charge is 0.321 e. The Labute approximate surface area is 147 Å². The zero-order valence-corrected chi connectivity index (χ0v) is 14.3. The molecule has 4 aromatic rings. The predicted molar refractivity (Wildman–Crippen MR) is 99.9 cm³/mol. The fourth-order valence-corrected chi connectivity index (χ4v) is 4.27. The molecule has 3 aromatic carbocycles. The molecule has 3 nitrogen and oxygen atoms in total. The van der Waals surface area contributed by atoms with Crippen LogP contribution in [-0.2, 0) is 4.79 Å². The molecule has 0 radical (unpaired) electrons. The molecule has 1 heterocycles. The van der Waals surface area contributed by atoms with Crippen LogP contribution in [0, 0.1) is 0 Å². The van der Waals surface area contributed by atoms with Gasteiger partial charge in [0.1, 0.15) is 5.75 Å². The lowest BCUT2D eigenvalue weighted by Gasteiger charge is -2.05. The highest BCUT2D eigenvalue weighted by molar-refractivity contribution is 8.01. The molecule has 0 aliphatic carbocycles. The molecule has 5 heteroatoms. The van der Waals surface area contributed by atoms with Gasteiger partial charge in [-0.05, 0) is 35.0 Å². The maximum absolute atomic E-state index is 12.1. The fourth-order valence-electron chi connectivity index (χ4n) is 2.43. The van der Waals surface area contributed by atoms with Gasteiger partial charge in [0, 0.05) is 0 Å². The second-order valence-electron chi connectivity index (χ2n) is 5.22. The van der Waals surface area contributed by atoms with Crippen molar-refractivity contribution in [2.75, 3.05) is 5.75 Å². The molecule has 4 rings (SSSR count). The standard InChI is InChI=1S/C19H13NO2S2/c21-18(12-23-19-20-16-7-3-4-8-17(16)24-19)22-15-10-9-13-5-1-2-6-14(13)11-15/h1-11H,12H2. The van der Waals surface area contributed by atoms with E-state index < -0.39 is 0 Å². The van der Waals surface area contributed by atoms with Gasteiger partial charge < -0.3 is 4.74 Å². The van der Waals surface area contributed by atoms with E-state index in [0.717, 1.165) is 25.3 Å². The Morgan fingerprint density at radius 1 is 1.00 bits per heavy atom. The Morgan fingerprint density at radius 3 is 2.67 bits per heavy atom. The summed E-state index contributed by atoms with van der Waals surface area (Å²) in [6, 6.07) is 21.6. The van der Waals surface area contributed by atoms with Crippen molar-refractivity contribution < 1.29 is 9.53 Å². The van der Waals surface area contributed by atoms with Crippen molar-refractivity contribution in [1.29, 1.82) is 0 Å². The molecule has 0 atom stereocenters. The maximum atomic E-state index is 12.1. The van der Waals surface area contributed by atoms with E-state index in [9.17, 15) is 4.79 Å². The number of esters is 1. The lowest BCUT2D eigenvalue weighted by Crippen LogP contribution is -2.10. The minimum atomic E-state index is -0.269. The van der Waals surface area contributed by atoms with Gasteiger partial charge in [0.25, 0.3) is 0 Å². The van der Waals surface area contributed by atoms with E-state index >= 15 is 0 Å². The third-order valence-electron chi connectivity index (χ3n) is 3.54. The second-order valence-corrected chi connectivity index (χ2v) is 7.47. The molecule has 0 saturated carbocycles. The number of para-hydroxylation sites is 1. The average Bonchev–Trinajstić information content (AvgIpc) is 3.03. The van der Waals surface area contributed by atoms with Crippen LogP contribution in [0.2, 0.25) is 0 Å². The molecule has 0 unspecified atom stereocenters. The summed E-state index contributed by atoms with van der Waals surface area (Å²) in [6.07, 6.45) is 0. The number of ether oxygens (including phenoxy) is 1. The first-order valence-corrected chi connectivity index (χ1v) is 9.26. The quantitative estimate of drug-likeness (QED) is 0.290. The monoisotopic (exact) mass is 351 g/mol. The van der Waals surface area contributed by atoms with Gasteiger partial charge in [0.05, 0.1) is 16.0 Å². The first-order chi connectivity index (χ1) is 11.8. The van der Waals surface area contributed by atoms with Gasteiger partial charge in [-0.2, -0.15) is 0 Å². The van der Waals surface area contributed by atoms with Crippen LogP contribution in [0.25, 0.3) is 21.0 Å². The highest BCUT2D eigenvalue weighted by Gasteiger charge is 2.10. The summed E-state index contributed by atoms with van der Waals surface area (Å²) in [5, 5.41) is 2.18. The maximum Gasteiger partial charge on any atom is 0.321 e. The average molecular weight is 351 g/mol. The van der Waals surface area contributed by atoms with E-state index in [1.807, 2.05) is 66.7 Å². The fraction of sp³-hybridized carbons (Fsp3) is 0.0526. The summed E-state index contributed by atoms with van der Waals surface area (Å²) < 4.78 is 7.44. The number of thioether (sulfide) groups is 1. The minimum Gasteiger partial charge on any atom is -0.426 e. The Morgan fingerprint density at radius 2 is 1.79 bits per heavy atom. The molecular weight excluding hydrogens is 338 g/mol. The molecule has 0 saturated heterocycles. The van der Waals surface area contributed by atoms with Crippen LogP contribution >= 0.6 is 23.1 Å². The van der Waals surface area contributed by atoms with Crippen molar-refractivity contribution >= 4 is 50.1 Å². The van der Waals surface area contributed by atoms with Crippen molar-refractivity contribution in [1.82, 2.24) is 4.98 Å². The van der Waals surface area contributed by atoms with Crippen molar-refractivity contribution in [2.24, 2.45) is 0 Å². The second kappa shape index (κ2) is 6.63. The highest BCUT2D eigenvalue weighted by atomic mass is 32.2. The molecular formula is C19H13NO2S2. The van der Waals surface area contributed by atoms with Crippen molar-refractivity contribution in [3.63, 3.8) is 0 Å². The van der Waals surface area contributed by atoms with E-state index in [0.29, 0.717) is 5.75 Å². The summed E-state index contributed by atoms with van der Waals surface area (Å²) >= 11 is 3.00. The number of hydrogen-bond acceptors (Lipinski definition) is 5. The van der Waals surface area contributed by atoms with Gasteiger partial charge in [-0.3, -0.25) is 4.79 Å². The SMILES string of the molecule is O=C(CSc1nc2ccccc2s1)Oc1ccc2ccccc2c1. The first-order valence-electron chi connectivity index (χ1n) is 7.46. The van der Waals surface area contributed by atoms with E-state index in [1.165, 1.54) is 11.8 Å². The lowest BCUT2D eigenvalue weighted by atomic mass is 10.1. The van der Waals surface area contributed by atoms with Gasteiger partial charge in [-0.25, -0.2) is 4.98 Å². The van der Waals surface area contributed by atoms with Crippen LogP contribution in [0.15, 0.2) is 71.1 Å². The van der Waals surface area contributed by atoms with Crippen LogP contribution in [0.1, 0.15) is 0 Å². The number of rotatable bonds is 4. The molecule has 24 heavy (non-hydrogen) atoms. The first kappa shape index (κ1) is 15.2. The normalized spacial score (nSPS) is 11.0. The molecule has 0 spiro atoms. The third kappa shape index (κ3) is 3.27. The summed E-state index contributed by atoms with van der Waals surface area (Å²) in [7, 11) is 0. The predicted octanol–water partition coefficient (Wildman–Crippen LogP) is 5.15. The van der Waals surface area contributed by atoms with Crippen LogP contribution in [0.5, 0.6) is 5.75 Å². The summed E-state index contributed by atoms with van der Waals surface area (Å²) in [5.41, 5.74) is 0.966. The van der Waals surface area contributed by atoms with Crippen LogP contribution in [0.4, 0.5) is 0 Å². The molecule has 0 aliphatic heterocycles. The number of benzene rings is 3. The van der Waals surface area contributed by atoms with Gasteiger partial charge in [-0.15, -0.1) is 11.3 Å². The van der Waals surface area contributed by atoms with E-state index in [2.05, 4.69) is 4.98 Å². The number of hydrogen-bond donors (Lipinski definition) is 0. The summed E-state index contributed by atoms with van der Waals surface area (Å²) in [4.78, 5) is 16.6. The Balaban J connectivity index is 1.42. The number of aromatic nitrogens is 1. The summed E-state index contributed by atoms with van der Waals surface area (Å²) in [6.45, 7) is 0. The molecule has 0 amide bonds. The van der Waals surface area contributed by atoms with Gasteiger partial charge in [-0.1, -0.05) is 54.2 Å². The number of carbonyl (C=O) groups is 1. The Kier molecular flexibility index (Phi) is 4.19. The molecule has 118 valence electrons. The van der Waals surface area contributed by atoms with Crippen LogP contribution < -0.4 is 4.74 Å². The van der Waals surface area contributed by atoms with Gasteiger partial charge in [0.2, 0.25) is 0 Å². The molecule has 1 aromatic heterocycles. The zero-order valence-electron chi connectivity index (χ0n) is 12.6. The number of nitrogens with zero attached hydrogens (tertiary/aromatic N) is 1. The van der Waals surface area contributed by atoms with Crippen molar-refractivity contribution in [3.8, 4) is 5.75 Å². The third-order valence-corrected chi connectivity index (χ3v) is 5.69. The molecule has 0 aliphatic rings. The van der Waals surface area contributed by atoms with E-state index in [-0.39, 0.29) is 11.7 Å². The van der Waals surface area contributed by atoms with Gasteiger partial charge >= 0.3 is 5.97 Å². The number of thiazole rings is 1. The van der Waals surface area contributed by atoms with Crippen molar-refractivity contribution in [3.05, 3.63) is 66.7 Å². The summed E-state index contributed by atoms with van der Waals surface area (Å²) in [5.74, 6) is 0.547. The van der Waals surface area contributed by atoms with Crippen LogP contribution in [-0.4, -0.2) is 16.7 Å². The lowest BCUT2D eigenvalue weighted by molar-refractivity contribution is -0.131. The molecule has 0 fully saturated rings. The Bertz CT molecular complexity index is 993. The topological polar surface area (TPSA) is 39.2 Å². The van der Waals surface area contributed by atoms with Crippen LogP contribution in [0.3, 0.4) is 0 Å². The number of carbonyl (C=O) groups excluding carboxylic acids is 1. The zero-order chi connectivity index (χ0) is 16.4. The Hall–Kier alpha value is -2.37. The van der Waals surface area contributed by atoms with E-state index in [1.54, 1.807) is 11.3 Å². The highest BCUT2D eigenvalue weighted by Crippen LogP contribution is 2.29. The van der Waals surface area contributed by atoms with E-state index in [4.69, 9.17) is 4.74 Å². The molecule has 0 bridgehead atoms. The van der Waals surface area contributed by atoms with Gasteiger partial charge in [0.15, 0.2) is 4.34 Å². The number of fused-ring (bicyclic) bond motifs is 2. The molecule has 0 N–H and O–H groups in total. The largest absolute Gasteiger partial charge is 0.426 e. The van der Waals surface area contributed by atoms with Crippen molar-refractivity contribution in [2.45, 2.75) is 4.34 Å². The minimum absolute atomic E-state index is 0.243.